The maximum atomic E-state index is 14.2. The Hall–Kier alpha value is -2.96. The molecule has 0 bridgehead atoms. The number of rotatable bonds is 2. The van der Waals surface area contributed by atoms with E-state index in [-0.39, 0.29) is 22.3 Å². The number of aryl methyl sites for hydroxylation is 1. The van der Waals surface area contributed by atoms with E-state index in [4.69, 9.17) is 0 Å². The summed E-state index contributed by atoms with van der Waals surface area (Å²) in [5.41, 5.74) is 0.681. The molecular formula is C18H11F4N3. The summed E-state index contributed by atoms with van der Waals surface area (Å²) in [7, 11) is 0. The first-order valence-electron chi connectivity index (χ1n) is 7.46. The first-order chi connectivity index (χ1) is 12.0. The molecule has 0 fully saturated rings. The van der Waals surface area contributed by atoms with Gasteiger partial charge >= 0.3 is 6.55 Å². The zero-order valence-electron chi connectivity index (χ0n) is 13.0. The molecule has 0 saturated carbocycles. The molecule has 0 unspecified atom stereocenters. The molecule has 1 aromatic carbocycles. The lowest BCUT2D eigenvalue weighted by molar-refractivity contribution is 0.0796. The van der Waals surface area contributed by atoms with E-state index in [1.165, 1.54) is 37.6 Å². The zero-order valence-corrected chi connectivity index (χ0v) is 13.0. The molecule has 0 N–H and O–H groups in total. The van der Waals surface area contributed by atoms with Crippen molar-refractivity contribution in [2.75, 3.05) is 0 Å². The third-order valence-corrected chi connectivity index (χ3v) is 4.25. The standard InChI is InChI=1S/C18H11F4N3/c1-9-16(19)17(20)12(8-24-9)10-2-3-11-13-7-23-5-4-14(13)25(18(21)22)15(11)6-10/h2-8,18H,1H3. The summed E-state index contributed by atoms with van der Waals surface area (Å²) in [6, 6.07) is 6.06. The molecule has 0 amide bonds. The van der Waals surface area contributed by atoms with Crippen LogP contribution in [0.15, 0.2) is 42.9 Å². The summed E-state index contributed by atoms with van der Waals surface area (Å²) in [6.07, 6.45) is 4.13. The Morgan fingerprint density at radius 1 is 0.960 bits per heavy atom. The molecule has 4 rings (SSSR count). The second kappa shape index (κ2) is 5.54. The Labute approximate surface area is 139 Å². The minimum atomic E-state index is -2.78. The van der Waals surface area contributed by atoms with Gasteiger partial charge in [0.05, 0.1) is 16.7 Å². The Kier molecular flexibility index (Phi) is 3.45. The SMILES string of the molecule is Cc1ncc(-c2ccc3c4cnccc4n(C(F)F)c3c2)c(F)c1F. The molecular weight excluding hydrogens is 334 g/mol. The highest BCUT2D eigenvalue weighted by Crippen LogP contribution is 2.35. The van der Waals surface area contributed by atoms with Gasteiger partial charge in [-0.2, -0.15) is 8.78 Å². The average Bonchev–Trinajstić information content (AvgIpc) is 2.93. The number of alkyl halides is 2. The van der Waals surface area contributed by atoms with E-state index in [0.717, 1.165) is 4.57 Å². The van der Waals surface area contributed by atoms with Crippen molar-refractivity contribution < 1.29 is 17.6 Å². The first kappa shape index (κ1) is 15.6. The third kappa shape index (κ3) is 2.26. The van der Waals surface area contributed by atoms with E-state index in [1.54, 1.807) is 12.1 Å². The predicted octanol–water partition coefficient (Wildman–Crippen LogP) is 5.23. The number of fused-ring (bicyclic) bond motifs is 3. The van der Waals surface area contributed by atoms with Crippen LogP contribution in [0.2, 0.25) is 0 Å². The second-order valence-corrected chi connectivity index (χ2v) is 5.66. The van der Waals surface area contributed by atoms with Crippen molar-refractivity contribution in [2.45, 2.75) is 13.5 Å². The molecule has 0 aliphatic heterocycles. The maximum Gasteiger partial charge on any atom is 0.319 e. The van der Waals surface area contributed by atoms with Gasteiger partial charge in [0, 0.05) is 34.9 Å². The van der Waals surface area contributed by atoms with Crippen LogP contribution in [0.5, 0.6) is 0 Å². The van der Waals surface area contributed by atoms with Crippen molar-refractivity contribution in [1.82, 2.24) is 14.5 Å². The monoisotopic (exact) mass is 345 g/mol. The highest BCUT2D eigenvalue weighted by molar-refractivity contribution is 6.08. The summed E-state index contributed by atoms with van der Waals surface area (Å²) < 4.78 is 56.1. The van der Waals surface area contributed by atoms with Crippen molar-refractivity contribution in [1.29, 1.82) is 0 Å². The van der Waals surface area contributed by atoms with Gasteiger partial charge in [-0.3, -0.25) is 14.5 Å². The van der Waals surface area contributed by atoms with Crippen LogP contribution < -0.4 is 0 Å². The first-order valence-corrected chi connectivity index (χ1v) is 7.46. The van der Waals surface area contributed by atoms with Gasteiger partial charge in [0.25, 0.3) is 0 Å². The molecule has 0 aliphatic rings. The molecule has 3 nitrogen and oxygen atoms in total. The number of hydrogen-bond acceptors (Lipinski definition) is 2. The van der Waals surface area contributed by atoms with Crippen molar-refractivity contribution >= 4 is 21.8 Å². The second-order valence-electron chi connectivity index (χ2n) is 5.66. The van der Waals surface area contributed by atoms with Gasteiger partial charge in [-0.1, -0.05) is 12.1 Å². The summed E-state index contributed by atoms with van der Waals surface area (Å²) >= 11 is 0. The largest absolute Gasteiger partial charge is 0.319 e. The van der Waals surface area contributed by atoms with E-state index >= 15 is 0 Å². The van der Waals surface area contributed by atoms with E-state index < -0.39 is 18.2 Å². The molecule has 126 valence electrons. The molecule has 0 radical (unpaired) electrons. The van der Waals surface area contributed by atoms with Gasteiger partial charge in [0.2, 0.25) is 0 Å². The quantitative estimate of drug-likeness (QED) is 0.466. The van der Waals surface area contributed by atoms with Crippen LogP contribution in [0.1, 0.15) is 12.2 Å². The zero-order chi connectivity index (χ0) is 17.7. The van der Waals surface area contributed by atoms with Crippen molar-refractivity contribution in [3.8, 4) is 11.1 Å². The summed E-state index contributed by atoms with van der Waals surface area (Å²) in [4.78, 5) is 7.79. The van der Waals surface area contributed by atoms with Gasteiger partial charge < -0.3 is 0 Å². The molecule has 0 aliphatic carbocycles. The smallest absolute Gasteiger partial charge is 0.284 e. The van der Waals surface area contributed by atoms with Gasteiger partial charge in [0.15, 0.2) is 11.6 Å². The Morgan fingerprint density at radius 2 is 1.76 bits per heavy atom. The van der Waals surface area contributed by atoms with E-state index in [0.29, 0.717) is 16.3 Å². The lowest BCUT2D eigenvalue weighted by Crippen LogP contribution is -1.99. The summed E-state index contributed by atoms with van der Waals surface area (Å²) in [6.45, 7) is -1.43. The van der Waals surface area contributed by atoms with Gasteiger partial charge in [-0.05, 0) is 24.6 Å². The third-order valence-electron chi connectivity index (χ3n) is 4.25. The minimum Gasteiger partial charge on any atom is -0.284 e. The lowest BCUT2D eigenvalue weighted by atomic mass is 10.0. The van der Waals surface area contributed by atoms with Crippen LogP contribution in [0.3, 0.4) is 0 Å². The summed E-state index contributed by atoms with van der Waals surface area (Å²) in [5.74, 6) is -2.09. The molecule has 25 heavy (non-hydrogen) atoms. The lowest BCUT2D eigenvalue weighted by Gasteiger charge is -2.08. The number of halogens is 4. The molecule has 3 heterocycles. The van der Waals surface area contributed by atoms with E-state index in [2.05, 4.69) is 9.97 Å². The van der Waals surface area contributed by atoms with E-state index in [1.807, 2.05) is 0 Å². The van der Waals surface area contributed by atoms with E-state index in [9.17, 15) is 17.6 Å². The highest BCUT2D eigenvalue weighted by atomic mass is 19.3. The van der Waals surface area contributed by atoms with Crippen LogP contribution in [-0.2, 0) is 0 Å². The van der Waals surface area contributed by atoms with Crippen molar-refractivity contribution in [3.63, 3.8) is 0 Å². The van der Waals surface area contributed by atoms with Gasteiger partial charge in [-0.25, -0.2) is 8.78 Å². The van der Waals surface area contributed by atoms with Crippen molar-refractivity contribution in [3.05, 3.63) is 60.2 Å². The van der Waals surface area contributed by atoms with Crippen LogP contribution in [0, 0.1) is 18.6 Å². The van der Waals surface area contributed by atoms with Gasteiger partial charge in [-0.15, -0.1) is 0 Å². The Morgan fingerprint density at radius 3 is 2.52 bits per heavy atom. The van der Waals surface area contributed by atoms with Gasteiger partial charge in [0.1, 0.15) is 0 Å². The fraction of sp³-hybridized carbons (Fsp3) is 0.111. The molecule has 0 atom stereocenters. The highest BCUT2D eigenvalue weighted by Gasteiger charge is 2.19. The van der Waals surface area contributed by atoms with Crippen LogP contribution in [0.25, 0.3) is 32.9 Å². The number of pyridine rings is 2. The normalized spacial score (nSPS) is 11.8. The van der Waals surface area contributed by atoms with Crippen LogP contribution in [-0.4, -0.2) is 14.5 Å². The molecule has 0 spiro atoms. The topological polar surface area (TPSA) is 30.7 Å². The van der Waals surface area contributed by atoms with Crippen LogP contribution >= 0.6 is 0 Å². The fourth-order valence-electron chi connectivity index (χ4n) is 3.02. The maximum absolute atomic E-state index is 14.2. The number of benzene rings is 1. The van der Waals surface area contributed by atoms with Crippen LogP contribution in [0.4, 0.5) is 17.6 Å². The average molecular weight is 345 g/mol. The molecule has 3 aromatic heterocycles. The Bertz CT molecular complexity index is 1120. The molecule has 0 saturated heterocycles. The number of nitrogens with zero attached hydrogens (tertiary/aromatic N) is 3. The molecule has 7 heteroatoms. The number of hydrogen-bond donors (Lipinski definition) is 0. The van der Waals surface area contributed by atoms with Crippen molar-refractivity contribution in [2.24, 2.45) is 0 Å². The predicted molar refractivity (Wildman–Crippen MR) is 86.4 cm³/mol. The number of aromatic nitrogens is 3. The summed E-state index contributed by atoms with van der Waals surface area (Å²) in [5, 5.41) is 1.13. The fourth-order valence-corrected chi connectivity index (χ4v) is 3.02. The minimum absolute atomic E-state index is 0.0601. The Balaban J connectivity index is 2.05. The molecule has 4 aromatic rings.